The predicted octanol–water partition coefficient (Wildman–Crippen LogP) is 5.98. The summed E-state index contributed by atoms with van der Waals surface area (Å²) < 4.78 is 59.1. The highest BCUT2D eigenvalue weighted by Crippen LogP contribution is 2.25. The fourth-order valence-electron chi connectivity index (χ4n) is 1.76. The van der Waals surface area contributed by atoms with Gasteiger partial charge >= 0.3 is 12.3 Å². The van der Waals surface area contributed by atoms with Gasteiger partial charge in [0.05, 0.1) is 26.4 Å². The molecule has 0 aromatic rings. The van der Waals surface area contributed by atoms with Crippen molar-refractivity contribution < 1.29 is 36.9 Å². The van der Waals surface area contributed by atoms with Crippen LogP contribution >= 0.6 is 11.6 Å². The molecule has 0 aliphatic heterocycles. The predicted molar refractivity (Wildman–Crippen MR) is 125 cm³/mol. The average Bonchev–Trinajstić information content (AvgIpc) is 2.68. The van der Waals surface area contributed by atoms with Gasteiger partial charge in [-0.25, -0.2) is 9.79 Å². The molecule has 0 heterocycles. The van der Waals surface area contributed by atoms with Gasteiger partial charge < -0.3 is 24.3 Å². The molecule has 0 spiro atoms. The fourth-order valence-corrected chi connectivity index (χ4v) is 2.00. The number of carbonyl (C=O) groups excluding carboxylic acids is 1. The molecular weight excluding hydrogens is 465 g/mol. The zero-order valence-electron chi connectivity index (χ0n) is 20.6. The van der Waals surface area contributed by atoms with Crippen molar-refractivity contribution in [1.82, 2.24) is 5.32 Å². The van der Waals surface area contributed by atoms with Gasteiger partial charge in [-0.05, 0) is 40.2 Å². The smallest absolute Gasteiger partial charge is 0.412 e. The second kappa shape index (κ2) is 18.6. The first-order chi connectivity index (χ1) is 15.3. The van der Waals surface area contributed by atoms with Gasteiger partial charge in [-0.3, -0.25) is 0 Å². The summed E-state index contributed by atoms with van der Waals surface area (Å²) in [5, 5.41) is 2.59. The zero-order valence-corrected chi connectivity index (χ0v) is 21.4. The molecule has 7 nitrogen and oxygen atoms in total. The van der Waals surface area contributed by atoms with Crippen molar-refractivity contribution in [2.45, 2.75) is 66.7 Å². The lowest BCUT2D eigenvalue weighted by atomic mass is 10.2. The monoisotopic (exact) mass is 502 g/mol. The molecule has 0 aliphatic carbocycles. The maximum Gasteiger partial charge on any atom is 0.412 e. The first kappa shape index (κ1) is 33.4. The van der Waals surface area contributed by atoms with Crippen LogP contribution in [0.25, 0.3) is 0 Å². The van der Waals surface area contributed by atoms with Crippen LogP contribution in [0, 0.1) is 0 Å². The Labute approximate surface area is 200 Å². The maximum atomic E-state index is 12.7. The summed E-state index contributed by atoms with van der Waals surface area (Å²) in [4.78, 5) is 15.3. The second-order valence-corrected chi connectivity index (χ2v) is 7.60. The van der Waals surface area contributed by atoms with Gasteiger partial charge in [0.2, 0.25) is 5.90 Å². The Bertz CT molecular complexity index is 631. The molecule has 33 heavy (non-hydrogen) atoms. The van der Waals surface area contributed by atoms with E-state index in [-0.39, 0.29) is 50.6 Å². The number of amides is 1. The zero-order chi connectivity index (χ0) is 25.9. The van der Waals surface area contributed by atoms with Gasteiger partial charge in [-0.15, -0.1) is 0 Å². The van der Waals surface area contributed by atoms with Crippen LogP contribution in [0.15, 0.2) is 27.9 Å². The molecule has 1 N–H and O–H groups in total. The van der Waals surface area contributed by atoms with Crippen LogP contribution < -0.4 is 5.32 Å². The second-order valence-electron chi connectivity index (χ2n) is 7.21. The Hall–Kier alpha value is -1.78. The summed E-state index contributed by atoms with van der Waals surface area (Å²) in [5.41, 5.74) is -1.42. The highest BCUT2D eigenvalue weighted by molar-refractivity contribution is 6.30. The normalized spacial score (nSPS) is 13.2. The number of alkyl carbamates (subject to hydrolysis) is 1. The maximum absolute atomic E-state index is 12.7. The van der Waals surface area contributed by atoms with E-state index in [1.54, 1.807) is 26.8 Å². The number of halogens is 4. The van der Waals surface area contributed by atoms with Gasteiger partial charge in [0, 0.05) is 18.2 Å². The van der Waals surface area contributed by atoms with E-state index in [0.29, 0.717) is 6.42 Å². The van der Waals surface area contributed by atoms with E-state index >= 15 is 0 Å². The molecule has 0 unspecified atom stereocenters. The molecule has 0 saturated heterocycles. The molecule has 0 aromatic heterocycles. The Morgan fingerprint density at radius 1 is 1.03 bits per heavy atom. The Balaban J connectivity index is 0. The van der Waals surface area contributed by atoms with Gasteiger partial charge in [0.15, 0.2) is 0 Å². The van der Waals surface area contributed by atoms with E-state index in [4.69, 9.17) is 30.5 Å². The number of carbonyl (C=O) groups is 1. The summed E-state index contributed by atoms with van der Waals surface area (Å²) in [6, 6.07) is 0. The van der Waals surface area contributed by atoms with Crippen molar-refractivity contribution in [2.24, 2.45) is 4.99 Å². The van der Waals surface area contributed by atoms with E-state index in [0.717, 1.165) is 13.0 Å². The number of alkyl halides is 3. The van der Waals surface area contributed by atoms with E-state index in [2.05, 4.69) is 10.3 Å². The van der Waals surface area contributed by atoms with E-state index in [1.165, 1.54) is 0 Å². The molecular formula is C22H38ClF3N2O5. The fraction of sp³-hybridized carbons (Fsp3) is 0.727. The first-order valence-corrected chi connectivity index (χ1v) is 11.2. The molecule has 0 aliphatic rings. The van der Waals surface area contributed by atoms with Crippen LogP contribution in [-0.4, -0.2) is 63.3 Å². The summed E-state index contributed by atoms with van der Waals surface area (Å²) >= 11 is 5.85. The molecule has 0 fully saturated rings. The van der Waals surface area contributed by atoms with Gasteiger partial charge in [-0.1, -0.05) is 32.4 Å². The number of aliphatic imine (C=N–C) groups is 1. The third-order valence-electron chi connectivity index (χ3n) is 3.14. The number of nitrogens with one attached hydrogen (secondary N) is 1. The Kier molecular flexibility index (Phi) is 18.8. The molecule has 11 heteroatoms. The molecule has 0 bridgehead atoms. The molecule has 0 atom stereocenters. The highest BCUT2D eigenvalue weighted by atomic mass is 35.5. The minimum absolute atomic E-state index is 0.0169. The van der Waals surface area contributed by atoms with Crippen molar-refractivity contribution in [3.8, 4) is 0 Å². The van der Waals surface area contributed by atoms with Crippen LogP contribution in [-0.2, 0) is 18.9 Å². The van der Waals surface area contributed by atoms with Crippen LogP contribution in [0.4, 0.5) is 18.0 Å². The largest absolute Gasteiger partial charge is 0.475 e. The van der Waals surface area contributed by atoms with Crippen LogP contribution in [0.3, 0.4) is 0 Å². The Morgan fingerprint density at radius 2 is 1.58 bits per heavy atom. The first-order valence-electron chi connectivity index (χ1n) is 10.8. The minimum atomic E-state index is -4.49. The standard InChI is InChI=1S/C20H32ClF3N2O5.C2H6/c1-6-7-16(21)26-17(14-15(2)20(22,23)24)30-13-12-29-11-10-28-9-8-25-18(27)31-19(3,4)5;1-2/h7,14H,6,8-13H2,1-5H3,(H,25,27);1-2H3/b15-14+,16-7+,26-17+;. The topological polar surface area (TPSA) is 78.4 Å². The molecule has 0 radical (unpaired) electrons. The van der Waals surface area contributed by atoms with Crippen LogP contribution in [0.1, 0.15) is 54.9 Å². The summed E-state index contributed by atoms with van der Waals surface area (Å²) in [6.45, 7) is 13.2. The van der Waals surface area contributed by atoms with Crippen molar-refractivity contribution in [1.29, 1.82) is 0 Å². The molecule has 0 aromatic carbocycles. The minimum Gasteiger partial charge on any atom is -0.475 e. The van der Waals surface area contributed by atoms with Crippen LogP contribution in [0.5, 0.6) is 0 Å². The number of ether oxygens (including phenoxy) is 4. The van der Waals surface area contributed by atoms with E-state index in [1.807, 2.05) is 20.8 Å². The lowest BCUT2D eigenvalue weighted by Gasteiger charge is -2.19. The van der Waals surface area contributed by atoms with Gasteiger partial charge in [-0.2, -0.15) is 13.2 Å². The number of rotatable bonds is 12. The Morgan fingerprint density at radius 3 is 2.09 bits per heavy atom. The molecule has 1 amide bonds. The van der Waals surface area contributed by atoms with Crippen molar-refractivity contribution in [3.63, 3.8) is 0 Å². The molecule has 0 saturated carbocycles. The number of hydrogen-bond donors (Lipinski definition) is 1. The third kappa shape index (κ3) is 21.8. The molecule has 0 rings (SSSR count). The quantitative estimate of drug-likeness (QED) is 0.154. The van der Waals surface area contributed by atoms with Gasteiger partial charge in [0.1, 0.15) is 17.4 Å². The van der Waals surface area contributed by atoms with Crippen molar-refractivity contribution in [2.75, 3.05) is 39.6 Å². The van der Waals surface area contributed by atoms with E-state index < -0.39 is 23.4 Å². The van der Waals surface area contributed by atoms with Crippen LogP contribution in [0.2, 0.25) is 0 Å². The summed E-state index contributed by atoms with van der Waals surface area (Å²) in [6.07, 6.45) is -2.10. The van der Waals surface area contributed by atoms with E-state index in [9.17, 15) is 18.0 Å². The summed E-state index contributed by atoms with van der Waals surface area (Å²) in [7, 11) is 0. The molecule has 194 valence electrons. The lowest BCUT2D eigenvalue weighted by molar-refractivity contribution is -0.0913. The van der Waals surface area contributed by atoms with Crippen molar-refractivity contribution >= 4 is 23.6 Å². The number of nitrogens with zero attached hydrogens (tertiary/aromatic N) is 1. The number of allylic oxidation sites excluding steroid dienone is 2. The average molecular weight is 503 g/mol. The summed E-state index contributed by atoms with van der Waals surface area (Å²) in [5.74, 6) is -0.252. The lowest BCUT2D eigenvalue weighted by Crippen LogP contribution is -2.34. The number of hydrogen-bond acceptors (Lipinski definition) is 6. The van der Waals surface area contributed by atoms with Gasteiger partial charge in [0.25, 0.3) is 0 Å². The highest BCUT2D eigenvalue weighted by Gasteiger charge is 2.30. The SMILES string of the molecule is CC.CC/C=C(Cl)/N=C(\C=C(/C)C(F)(F)F)OCCOCCOCCNC(=O)OC(C)(C)C. The van der Waals surface area contributed by atoms with Crippen molar-refractivity contribution in [3.05, 3.63) is 22.9 Å². The third-order valence-corrected chi connectivity index (χ3v) is 3.38.